The van der Waals surface area contributed by atoms with Gasteiger partial charge in [0.05, 0.1) is 14.2 Å². The van der Waals surface area contributed by atoms with Crippen molar-refractivity contribution < 1.29 is 14.3 Å². The first-order chi connectivity index (χ1) is 9.03. The van der Waals surface area contributed by atoms with Crippen LogP contribution in [0.1, 0.15) is 12.5 Å². The predicted molar refractivity (Wildman–Crippen MR) is 76.0 cm³/mol. The van der Waals surface area contributed by atoms with Crippen LogP contribution in [-0.2, 0) is 4.79 Å². The fourth-order valence-corrected chi connectivity index (χ4v) is 1.77. The van der Waals surface area contributed by atoms with E-state index in [0.717, 1.165) is 11.3 Å². The Bertz CT molecular complexity index is 447. The average Bonchev–Trinajstić information content (AvgIpc) is 2.40. The van der Waals surface area contributed by atoms with Gasteiger partial charge in [-0.2, -0.15) is 0 Å². The molecule has 1 unspecified atom stereocenters. The van der Waals surface area contributed by atoms with Crippen molar-refractivity contribution in [3.63, 3.8) is 0 Å². The van der Waals surface area contributed by atoms with Crippen LogP contribution in [0.4, 0.5) is 5.69 Å². The Morgan fingerprint density at radius 1 is 1.26 bits per heavy atom. The lowest BCUT2D eigenvalue weighted by molar-refractivity contribution is -0.119. The van der Waals surface area contributed by atoms with Crippen LogP contribution in [0.2, 0.25) is 0 Å². The molecule has 1 rings (SSSR count). The zero-order valence-electron chi connectivity index (χ0n) is 12.2. The predicted octanol–water partition coefficient (Wildman–Crippen LogP) is 1.81. The number of hydrogen-bond donors (Lipinski definition) is 2. The monoisotopic (exact) mass is 266 g/mol. The summed E-state index contributed by atoms with van der Waals surface area (Å²) in [7, 11) is 4.98. The highest BCUT2D eigenvalue weighted by molar-refractivity contribution is 5.93. The van der Waals surface area contributed by atoms with Gasteiger partial charge in [-0.3, -0.25) is 4.79 Å². The summed E-state index contributed by atoms with van der Waals surface area (Å²) in [5, 5.41) is 5.89. The quantitative estimate of drug-likeness (QED) is 0.824. The minimum absolute atomic E-state index is 0.0235. The standard InChI is InChI=1S/C14H22N2O3/c1-9-6-12(18-4)13(19-5)7-11(9)16-14(17)10(2)8-15-3/h6-7,10,15H,8H2,1-5H3,(H,16,17). The molecule has 5 nitrogen and oxygen atoms in total. The van der Waals surface area contributed by atoms with Gasteiger partial charge in [-0.15, -0.1) is 0 Å². The smallest absolute Gasteiger partial charge is 0.228 e. The van der Waals surface area contributed by atoms with Crippen molar-refractivity contribution in [1.82, 2.24) is 5.32 Å². The molecule has 1 amide bonds. The molecule has 0 aliphatic heterocycles. The van der Waals surface area contributed by atoms with E-state index in [1.807, 2.05) is 27.0 Å². The van der Waals surface area contributed by atoms with E-state index >= 15 is 0 Å². The molecule has 1 atom stereocenters. The summed E-state index contributed by atoms with van der Waals surface area (Å²) in [5.74, 6) is 1.13. The van der Waals surface area contributed by atoms with Gasteiger partial charge in [-0.25, -0.2) is 0 Å². The maximum absolute atomic E-state index is 12.0. The van der Waals surface area contributed by atoms with E-state index in [2.05, 4.69) is 10.6 Å². The van der Waals surface area contributed by atoms with Crippen LogP contribution >= 0.6 is 0 Å². The van der Waals surface area contributed by atoms with Crippen LogP contribution in [0.15, 0.2) is 12.1 Å². The van der Waals surface area contributed by atoms with Crippen molar-refractivity contribution >= 4 is 11.6 Å². The number of ether oxygens (including phenoxy) is 2. The number of carbonyl (C=O) groups is 1. The van der Waals surface area contributed by atoms with Crippen molar-refractivity contribution in [1.29, 1.82) is 0 Å². The molecule has 0 saturated heterocycles. The largest absolute Gasteiger partial charge is 0.493 e. The maximum atomic E-state index is 12.0. The van der Waals surface area contributed by atoms with Crippen molar-refractivity contribution in [2.75, 3.05) is 33.1 Å². The third kappa shape index (κ3) is 3.86. The van der Waals surface area contributed by atoms with E-state index in [-0.39, 0.29) is 11.8 Å². The molecule has 2 N–H and O–H groups in total. The van der Waals surface area contributed by atoms with E-state index < -0.39 is 0 Å². The summed E-state index contributed by atoms with van der Waals surface area (Å²) in [5.41, 5.74) is 1.67. The zero-order valence-corrected chi connectivity index (χ0v) is 12.2. The van der Waals surface area contributed by atoms with E-state index in [9.17, 15) is 4.79 Å². The number of carbonyl (C=O) groups excluding carboxylic acids is 1. The number of amides is 1. The van der Waals surface area contributed by atoms with Gasteiger partial charge in [0.2, 0.25) is 5.91 Å². The SMILES string of the molecule is CNCC(C)C(=O)Nc1cc(OC)c(OC)cc1C. The lowest BCUT2D eigenvalue weighted by atomic mass is 10.1. The summed E-state index contributed by atoms with van der Waals surface area (Å²) in [6.45, 7) is 4.43. The van der Waals surface area contributed by atoms with Crippen LogP contribution in [0.25, 0.3) is 0 Å². The summed E-state index contributed by atoms with van der Waals surface area (Å²) in [6, 6.07) is 3.62. The highest BCUT2D eigenvalue weighted by Gasteiger charge is 2.15. The second-order valence-electron chi connectivity index (χ2n) is 4.47. The van der Waals surface area contributed by atoms with Crippen molar-refractivity contribution in [3.05, 3.63) is 17.7 Å². The second-order valence-corrected chi connectivity index (χ2v) is 4.47. The molecule has 0 saturated carbocycles. The minimum atomic E-state index is -0.0995. The minimum Gasteiger partial charge on any atom is -0.493 e. The number of methoxy groups -OCH3 is 2. The van der Waals surface area contributed by atoms with Gasteiger partial charge in [0.15, 0.2) is 11.5 Å². The number of nitrogens with one attached hydrogen (secondary N) is 2. The molecule has 0 heterocycles. The molecule has 0 fully saturated rings. The highest BCUT2D eigenvalue weighted by Crippen LogP contribution is 2.32. The third-order valence-electron chi connectivity index (χ3n) is 2.95. The van der Waals surface area contributed by atoms with Crippen LogP contribution in [0, 0.1) is 12.8 Å². The number of rotatable bonds is 6. The van der Waals surface area contributed by atoms with Crippen LogP contribution in [0.3, 0.4) is 0 Å². The molecule has 1 aromatic rings. The summed E-state index contributed by atoms with van der Waals surface area (Å²) >= 11 is 0. The van der Waals surface area contributed by atoms with Gasteiger partial charge >= 0.3 is 0 Å². The van der Waals surface area contributed by atoms with Gasteiger partial charge in [-0.05, 0) is 25.6 Å². The fraction of sp³-hybridized carbons (Fsp3) is 0.500. The Hall–Kier alpha value is -1.75. The number of aryl methyl sites for hydroxylation is 1. The van der Waals surface area contributed by atoms with E-state index in [0.29, 0.717) is 18.0 Å². The molecule has 0 aliphatic carbocycles. The molecule has 0 aliphatic rings. The fourth-order valence-electron chi connectivity index (χ4n) is 1.77. The maximum Gasteiger partial charge on any atom is 0.228 e. The Morgan fingerprint density at radius 2 is 1.84 bits per heavy atom. The first-order valence-electron chi connectivity index (χ1n) is 6.21. The molecular weight excluding hydrogens is 244 g/mol. The summed E-state index contributed by atoms with van der Waals surface area (Å²) < 4.78 is 10.4. The van der Waals surface area contributed by atoms with E-state index in [1.165, 1.54) is 0 Å². The normalized spacial score (nSPS) is 11.8. The van der Waals surface area contributed by atoms with Gasteiger partial charge in [0.1, 0.15) is 0 Å². The molecule has 5 heteroatoms. The van der Waals surface area contributed by atoms with Gasteiger partial charge < -0.3 is 20.1 Å². The second kappa shape index (κ2) is 6.99. The van der Waals surface area contributed by atoms with Crippen LogP contribution < -0.4 is 20.1 Å². The van der Waals surface area contributed by atoms with Crippen LogP contribution in [0.5, 0.6) is 11.5 Å². The van der Waals surface area contributed by atoms with Gasteiger partial charge in [-0.1, -0.05) is 6.92 Å². The first-order valence-corrected chi connectivity index (χ1v) is 6.21. The van der Waals surface area contributed by atoms with Crippen LogP contribution in [-0.4, -0.2) is 33.7 Å². The van der Waals surface area contributed by atoms with Crippen molar-refractivity contribution in [2.24, 2.45) is 5.92 Å². The molecule has 0 bridgehead atoms. The number of anilines is 1. The Morgan fingerprint density at radius 3 is 2.37 bits per heavy atom. The van der Waals surface area contributed by atoms with Gasteiger partial charge in [0, 0.05) is 24.2 Å². The Labute approximate surface area is 114 Å². The summed E-state index contributed by atoms with van der Waals surface area (Å²) in [4.78, 5) is 12.0. The molecule has 1 aromatic carbocycles. The van der Waals surface area contributed by atoms with E-state index in [4.69, 9.17) is 9.47 Å². The Balaban J connectivity index is 2.92. The molecule has 0 spiro atoms. The molecule has 106 valence electrons. The molecule has 0 aromatic heterocycles. The molecule has 0 radical (unpaired) electrons. The molecule has 19 heavy (non-hydrogen) atoms. The lowest BCUT2D eigenvalue weighted by Gasteiger charge is -2.16. The zero-order chi connectivity index (χ0) is 14.4. The summed E-state index contributed by atoms with van der Waals surface area (Å²) in [6.07, 6.45) is 0. The third-order valence-corrected chi connectivity index (χ3v) is 2.95. The number of hydrogen-bond acceptors (Lipinski definition) is 4. The topological polar surface area (TPSA) is 59.6 Å². The van der Waals surface area contributed by atoms with Gasteiger partial charge in [0.25, 0.3) is 0 Å². The average molecular weight is 266 g/mol. The van der Waals surface area contributed by atoms with E-state index in [1.54, 1.807) is 20.3 Å². The Kier molecular flexibility index (Phi) is 5.63. The lowest BCUT2D eigenvalue weighted by Crippen LogP contribution is -2.28. The first kappa shape index (κ1) is 15.3. The van der Waals surface area contributed by atoms with Crippen molar-refractivity contribution in [2.45, 2.75) is 13.8 Å². The molecular formula is C14H22N2O3. The van der Waals surface area contributed by atoms with Crippen molar-refractivity contribution in [3.8, 4) is 11.5 Å². The highest BCUT2D eigenvalue weighted by atomic mass is 16.5. The number of benzene rings is 1.